The molecule has 0 N–H and O–H groups in total. The second kappa shape index (κ2) is 6.02. The fourth-order valence-corrected chi connectivity index (χ4v) is 2.40. The predicted molar refractivity (Wildman–Crippen MR) is 73.1 cm³/mol. The molecule has 0 radical (unpaired) electrons. The summed E-state index contributed by atoms with van der Waals surface area (Å²) in [7, 11) is 1.48. The number of halogens is 1. The number of anilines is 2. The van der Waals surface area contributed by atoms with Gasteiger partial charge in [-0.05, 0) is 24.6 Å². The van der Waals surface area contributed by atoms with Gasteiger partial charge in [-0.25, -0.2) is 4.39 Å². The van der Waals surface area contributed by atoms with Crippen molar-refractivity contribution in [1.82, 2.24) is 0 Å². The Balaban J connectivity index is 2.34. The van der Waals surface area contributed by atoms with E-state index in [0.29, 0.717) is 12.2 Å². The lowest BCUT2D eigenvalue weighted by molar-refractivity contribution is -0.122. The van der Waals surface area contributed by atoms with E-state index in [1.807, 2.05) is 0 Å². The number of benzene rings is 1. The van der Waals surface area contributed by atoms with Gasteiger partial charge in [0.25, 0.3) is 5.91 Å². The van der Waals surface area contributed by atoms with E-state index < -0.39 is 0 Å². The molecule has 104 valence electrons. The van der Waals surface area contributed by atoms with Gasteiger partial charge in [0.15, 0.2) is 0 Å². The van der Waals surface area contributed by atoms with Gasteiger partial charge in [0.1, 0.15) is 12.4 Å². The molecule has 4 nitrogen and oxygen atoms in total. The molecule has 0 bridgehead atoms. The molecule has 1 amide bonds. The van der Waals surface area contributed by atoms with E-state index in [-0.39, 0.29) is 18.3 Å². The van der Waals surface area contributed by atoms with Gasteiger partial charge in [-0.1, -0.05) is 6.92 Å². The van der Waals surface area contributed by atoms with Crippen molar-refractivity contribution in [3.05, 3.63) is 24.0 Å². The summed E-state index contributed by atoms with van der Waals surface area (Å²) < 4.78 is 18.3. The number of hydrogen-bond donors (Lipinski definition) is 0. The average molecular weight is 266 g/mol. The lowest BCUT2D eigenvalue weighted by Gasteiger charge is -2.37. The van der Waals surface area contributed by atoms with Crippen LogP contribution < -0.4 is 9.80 Å². The van der Waals surface area contributed by atoms with Crippen LogP contribution in [0.2, 0.25) is 0 Å². The van der Waals surface area contributed by atoms with Crippen LogP contribution in [0.5, 0.6) is 0 Å². The van der Waals surface area contributed by atoms with Crippen molar-refractivity contribution >= 4 is 17.3 Å². The van der Waals surface area contributed by atoms with Crippen molar-refractivity contribution in [2.24, 2.45) is 0 Å². The minimum Gasteiger partial charge on any atom is -0.375 e. The smallest absolute Gasteiger partial charge is 0.253 e. The Morgan fingerprint density at radius 2 is 2.16 bits per heavy atom. The Morgan fingerprint density at radius 1 is 1.37 bits per heavy atom. The first-order valence-corrected chi connectivity index (χ1v) is 6.51. The quantitative estimate of drug-likeness (QED) is 0.836. The molecule has 19 heavy (non-hydrogen) atoms. The fraction of sp³-hybridized carbons (Fsp3) is 0.500. The lowest BCUT2D eigenvalue weighted by Crippen LogP contribution is -2.45. The van der Waals surface area contributed by atoms with Crippen molar-refractivity contribution in [2.45, 2.75) is 13.3 Å². The number of carbonyl (C=O) groups excluding carboxylic acids is 1. The number of fused-ring (bicyclic) bond motifs is 1. The molecule has 0 aliphatic carbocycles. The van der Waals surface area contributed by atoms with Crippen LogP contribution >= 0.6 is 0 Å². The summed E-state index contributed by atoms with van der Waals surface area (Å²) in [5.41, 5.74) is 1.56. The molecule has 0 unspecified atom stereocenters. The molecule has 2 rings (SSSR count). The summed E-state index contributed by atoms with van der Waals surface area (Å²) in [6.07, 6.45) is 1.02. The molecule has 1 aromatic rings. The highest BCUT2D eigenvalue weighted by Crippen LogP contribution is 2.33. The van der Waals surface area contributed by atoms with Crippen LogP contribution in [0.4, 0.5) is 15.8 Å². The molecule has 5 heteroatoms. The normalized spacial score (nSPS) is 14.5. The molecule has 0 spiro atoms. The zero-order valence-corrected chi connectivity index (χ0v) is 11.4. The lowest BCUT2D eigenvalue weighted by atomic mass is 10.1. The van der Waals surface area contributed by atoms with Gasteiger partial charge in [-0.3, -0.25) is 4.79 Å². The first kappa shape index (κ1) is 13.8. The highest BCUT2D eigenvalue weighted by molar-refractivity contribution is 5.98. The van der Waals surface area contributed by atoms with Crippen molar-refractivity contribution in [2.75, 3.05) is 43.2 Å². The van der Waals surface area contributed by atoms with Gasteiger partial charge in [-0.15, -0.1) is 0 Å². The van der Waals surface area contributed by atoms with Crippen molar-refractivity contribution in [3.63, 3.8) is 0 Å². The SMILES string of the molecule is CCCN1CCN(C(=O)COC)c2cc(F)ccc21. The Bertz CT molecular complexity index is 465. The summed E-state index contributed by atoms with van der Waals surface area (Å²) in [5, 5.41) is 0. The van der Waals surface area contributed by atoms with E-state index in [4.69, 9.17) is 4.74 Å². The molecule has 1 aromatic carbocycles. The summed E-state index contributed by atoms with van der Waals surface area (Å²) in [6, 6.07) is 4.60. The van der Waals surface area contributed by atoms with Gasteiger partial charge >= 0.3 is 0 Å². The number of hydrogen-bond acceptors (Lipinski definition) is 3. The maximum absolute atomic E-state index is 13.4. The van der Waals surface area contributed by atoms with E-state index in [1.54, 1.807) is 11.0 Å². The number of amides is 1. The molecule has 1 heterocycles. The van der Waals surface area contributed by atoms with E-state index in [9.17, 15) is 9.18 Å². The summed E-state index contributed by atoms with van der Waals surface area (Å²) in [4.78, 5) is 15.8. The van der Waals surface area contributed by atoms with Crippen LogP contribution in [-0.4, -0.2) is 39.3 Å². The van der Waals surface area contributed by atoms with Gasteiger partial charge in [0, 0.05) is 26.7 Å². The van der Waals surface area contributed by atoms with Crippen molar-refractivity contribution in [3.8, 4) is 0 Å². The monoisotopic (exact) mass is 266 g/mol. The van der Waals surface area contributed by atoms with Gasteiger partial charge in [0.2, 0.25) is 0 Å². The van der Waals surface area contributed by atoms with E-state index in [0.717, 1.165) is 25.2 Å². The van der Waals surface area contributed by atoms with Crippen LogP contribution in [0.3, 0.4) is 0 Å². The van der Waals surface area contributed by atoms with E-state index in [1.165, 1.54) is 19.2 Å². The molecule has 0 fully saturated rings. The Kier molecular flexibility index (Phi) is 4.37. The van der Waals surface area contributed by atoms with Crippen LogP contribution in [0.15, 0.2) is 18.2 Å². The molecule has 0 saturated heterocycles. The molecular formula is C14H19FN2O2. The standard InChI is InChI=1S/C14H19FN2O2/c1-3-6-16-7-8-17(14(18)10-19-2)13-9-11(15)4-5-12(13)16/h4-5,9H,3,6-8,10H2,1-2H3. The van der Waals surface area contributed by atoms with Crippen LogP contribution in [0.1, 0.15) is 13.3 Å². The zero-order valence-electron chi connectivity index (χ0n) is 11.4. The second-order valence-corrected chi connectivity index (χ2v) is 4.60. The predicted octanol–water partition coefficient (Wildman–Crippen LogP) is 2.04. The van der Waals surface area contributed by atoms with E-state index in [2.05, 4.69) is 11.8 Å². The number of methoxy groups -OCH3 is 1. The summed E-state index contributed by atoms with van der Waals surface area (Å²) >= 11 is 0. The molecule has 1 aliphatic rings. The number of rotatable bonds is 4. The van der Waals surface area contributed by atoms with Crippen LogP contribution in [0, 0.1) is 5.82 Å². The minimum absolute atomic E-state index is 0.0176. The number of ether oxygens (including phenoxy) is 1. The van der Waals surface area contributed by atoms with Crippen molar-refractivity contribution in [1.29, 1.82) is 0 Å². The second-order valence-electron chi connectivity index (χ2n) is 4.60. The summed E-state index contributed by atoms with van der Waals surface area (Å²) in [5.74, 6) is -0.460. The highest BCUT2D eigenvalue weighted by atomic mass is 19.1. The van der Waals surface area contributed by atoms with Gasteiger partial charge in [-0.2, -0.15) is 0 Å². The zero-order chi connectivity index (χ0) is 13.8. The maximum atomic E-state index is 13.4. The topological polar surface area (TPSA) is 32.8 Å². The molecule has 0 saturated carbocycles. The van der Waals surface area contributed by atoms with Crippen LogP contribution in [0.25, 0.3) is 0 Å². The minimum atomic E-state index is -0.327. The Hall–Kier alpha value is -1.62. The Labute approximate surface area is 112 Å². The van der Waals surface area contributed by atoms with Gasteiger partial charge < -0.3 is 14.5 Å². The van der Waals surface area contributed by atoms with Crippen LogP contribution in [-0.2, 0) is 9.53 Å². The molecule has 0 aromatic heterocycles. The van der Waals surface area contributed by atoms with Crippen molar-refractivity contribution < 1.29 is 13.9 Å². The van der Waals surface area contributed by atoms with E-state index >= 15 is 0 Å². The molecule has 1 aliphatic heterocycles. The fourth-order valence-electron chi connectivity index (χ4n) is 2.40. The molecule has 0 atom stereocenters. The average Bonchev–Trinajstić information content (AvgIpc) is 2.39. The third-order valence-corrected chi connectivity index (χ3v) is 3.22. The third kappa shape index (κ3) is 2.87. The first-order chi connectivity index (χ1) is 9.17. The first-order valence-electron chi connectivity index (χ1n) is 6.51. The maximum Gasteiger partial charge on any atom is 0.253 e. The largest absolute Gasteiger partial charge is 0.375 e. The number of carbonyl (C=O) groups is 1. The highest BCUT2D eigenvalue weighted by Gasteiger charge is 2.26. The third-order valence-electron chi connectivity index (χ3n) is 3.22. The Morgan fingerprint density at radius 3 is 2.84 bits per heavy atom. The number of nitrogens with zero attached hydrogens (tertiary/aromatic N) is 2. The van der Waals surface area contributed by atoms with Gasteiger partial charge in [0.05, 0.1) is 11.4 Å². The summed E-state index contributed by atoms with van der Waals surface area (Å²) in [6.45, 7) is 4.36. The molecular weight excluding hydrogens is 247 g/mol.